The number of hydrogen-bond donors (Lipinski definition) is 1. The molecule has 1 aromatic heterocycles. The predicted molar refractivity (Wildman–Crippen MR) is 94.0 cm³/mol. The molecule has 0 bridgehead atoms. The lowest BCUT2D eigenvalue weighted by Gasteiger charge is -2.13. The average molecular weight is 379 g/mol. The van der Waals surface area contributed by atoms with Crippen LogP contribution in [0.2, 0.25) is 0 Å². The van der Waals surface area contributed by atoms with E-state index in [1.54, 1.807) is 36.4 Å². The van der Waals surface area contributed by atoms with Crippen LogP contribution in [0.1, 0.15) is 0 Å². The molecular formula is C18H16F3N3O3. The number of nitrogens with two attached hydrogens (primary N) is 1. The van der Waals surface area contributed by atoms with E-state index in [2.05, 4.69) is 9.97 Å². The molecule has 3 rings (SSSR count). The van der Waals surface area contributed by atoms with E-state index >= 15 is 0 Å². The number of ether oxygens (including phenoxy) is 3. The number of fused-ring (bicyclic) bond motifs is 1. The first-order valence-electron chi connectivity index (χ1n) is 7.80. The van der Waals surface area contributed by atoms with Crippen molar-refractivity contribution in [1.29, 1.82) is 0 Å². The Morgan fingerprint density at radius 3 is 2.26 bits per heavy atom. The summed E-state index contributed by atoms with van der Waals surface area (Å²) in [4.78, 5) is 7.84. The first kappa shape index (κ1) is 18.6. The fourth-order valence-electron chi connectivity index (χ4n) is 2.57. The molecule has 0 radical (unpaired) electrons. The molecule has 0 atom stereocenters. The van der Waals surface area contributed by atoms with Crippen LogP contribution >= 0.6 is 0 Å². The SMILES string of the molecule is COc1ccc(-c2ccc3nc(N)nc(OCC(F)(F)F)c3c2)cc1OC. The number of anilines is 1. The Bertz CT molecular complexity index is 977. The lowest BCUT2D eigenvalue weighted by molar-refractivity contribution is -0.153. The van der Waals surface area contributed by atoms with Crippen molar-refractivity contribution in [2.24, 2.45) is 0 Å². The van der Waals surface area contributed by atoms with Crippen LogP contribution in [0, 0.1) is 0 Å². The lowest BCUT2D eigenvalue weighted by atomic mass is 10.0. The zero-order valence-corrected chi connectivity index (χ0v) is 14.5. The van der Waals surface area contributed by atoms with Gasteiger partial charge in [0, 0.05) is 0 Å². The molecule has 0 saturated heterocycles. The third-order valence-electron chi connectivity index (χ3n) is 3.77. The van der Waals surface area contributed by atoms with E-state index in [9.17, 15) is 13.2 Å². The number of halogens is 3. The highest BCUT2D eigenvalue weighted by Gasteiger charge is 2.29. The standard InChI is InChI=1S/C18H16F3N3O3/c1-25-14-6-4-11(8-15(14)26-2)10-3-5-13-12(7-10)16(24-17(22)23-13)27-9-18(19,20)21/h3-8H,9H2,1-2H3,(H2,22,23,24). The number of nitrogen functional groups attached to an aromatic ring is 1. The maximum absolute atomic E-state index is 12.5. The minimum Gasteiger partial charge on any atom is -0.493 e. The maximum Gasteiger partial charge on any atom is 0.422 e. The van der Waals surface area contributed by atoms with Crippen LogP contribution in [-0.2, 0) is 0 Å². The summed E-state index contributed by atoms with van der Waals surface area (Å²) >= 11 is 0. The van der Waals surface area contributed by atoms with E-state index in [0.717, 1.165) is 5.56 Å². The van der Waals surface area contributed by atoms with Crippen molar-refractivity contribution in [3.05, 3.63) is 36.4 Å². The van der Waals surface area contributed by atoms with Crippen molar-refractivity contribution in [2.75, 3.05) is 26.6 Å². The Labute approximate surface area is 152 Å². The molecule has 27 heavy (non-hydrogen) atoms. The highest BCUT2D eigenvalue weighted by molar-refractivity contribution is 5.89. The number of benzene rings is 2. The summed E-state index contributed by atoms with van der Waals surface area (Å²) in [6.07, 6.45) is -4.49. The van der Waals surface area contributed by atoms with Crippen molar-refractivity contribution in [2.45, 2.75) is 6.18 Å². The minimum absolute atomic E-state index is 0.168. The number of nitrogens with zero attached hydrogens (tertiary/aromatic N) is 2. The van der Waals surface area contributed by atoms with Gasteiger partial charge in [-0.2, -0.15) is 18.2 Å². The Kier molecular flexibility index (Phi) is 4.93. The number of hydrogen-bond acceptors (Lipinski definition) is 6. The maximum atomic E-state index is 12.5. The van der Waals surface area contributed by atoms with Gasteiger partial charge in [-0.1, -0.05) is 12.1 Å². The van der Waals surface area contributed by atoms with Crippen molar-refractivity contribution < 1.29 is 27.4 Å². The molecule has 2 aromatic carbocycles. The van der Waals surface area contributed by atoms with Crippen LogP contribution in [0.5, 0.6) is 17.4 Å². The van der Waals surface area contributed by atoms with Gasteiger partial charge in [0.05, 0.1) is 25.1 Å². The summed E-state index contributed by atoms with van der Waals surface area (Å²) in [6.45, 7) is -1.47. The molecule has 1 heterocycles. The molecule has 0 aliphatic carbocycles. The summed E-state index contributed by atoms with van der Waals surface area (Å²) in [5.74, 6) is 0.695. The molecule has 2 N–H and O–H groups in total. The number of methoxy groups -OCH3 is 2. The lowest BCUT2D eigenvalue weighted by Crippen LogP contribution is -2.20. The van der Waals surface area contributed by atoms with Crippen molar-refractivity contribution in [3.63, 3.8) is 0 Å². The van der Waals surface area contributed by atoms with Gasteiger partial charge in [0.2, 0.25) is 11.8 Å². The zero-order chi connectivity index (χ0) is 19.6. The molecule has 3 aromatic rings. The molecule has 0 spiro atoms. The number of alkyl halides is 3. The summed E-state index contributed by atoms with van der Waals surface area (Å²) in [6, 6.07) is 10.3. The topological polar surface area (TPSA) is 79.5 Å². The van der Waals surface area contributed by atoms with Gasteiger partial charge < -0.3 is 19.9 Å². The van der Waals surface area contributed by atoms with Gasteiger partial charge in [0.15, 0.2) is 18.1 Å². The Morgan fingerprint density at radius 2 is 1.59 bits per heavy atom. The van der Waals surface area contributed by atoms with Gasteiger partial charge in [-0.05, 0) is 35.4 Å². The molecule has 0 amide bonds. The van der Waals surface area contributed by atoms with E-state index < -0.39 is 12.8 Å². The molecule has 0 saturated carbocycles. The summed E-state index contributed by atoms with van der Waals surface area (Å²) in [5, 5.41) is 0.320. The molecule has 9 heteroatoms. The molecule has 0 fully saturated rings. The quantitative estimate of drug-likeness (QED) is 0.726. The Hall–Kier alpha value is -3.23. The predicted octanol–water partition coefficient (Wildman–Crippen LogP) is 3.84. The fraction of sp³-hybridized carbons (Fsp3) is 0.222. The molecule has 0 aliphatic heterocycles. The van der Waals surface area contributed by atoms with E-state index in [4.69, 9.17) is 19.9 Å². The first-order chi connectivity index (χ1) is 12.8. The number of aromatic nitrogens is 2. The molecular weight excluding hydrogens is 363 g/mol. The van der Waals surface area contributed by atoms with E-state index in [1.165, 1.54) is 14.2 Å². The normalized spacial score (nSPS) is 11.4. The van der Waals surface area contributed by atoms with Gasteiger partial charge in [0.25, 0.3) is 0 Å². The molecule has 0 aliphatic rings. The zero-order valence-electron chi connectivity index (χ0n) is 14.5. The van der Waals surface area contributed by atoms with Crippen LogP contribution in [0.15, 0.2) is 36.4 Å². The van der Waals surface area contributed by atoms with Gasteiger partial charge >= 0.3 is 6.18 Å². The second-order valence-electron chi connectivity index (χ2n) is 5.59. The van der Waals surface area contributed by atoms with Gasteiger partial charge in [-0.15, -0.1) is 0 Å². The van der Waals surface area contributed by atoms with E-state index in [0.29, 0.717) is 28.0 Å². The van der Waals surface area contributed by atoms with Crippen molar-refractivity contribution in [3.8, 4) is 28.5 Å². The summed E-state index contributed by atoms with van der Waals surface area (Å²) in [7, 11) is 3.04. The molecule has 0 unspecified atom stereocenters. The van der Waals surface area contributed by atoms with Gasteiger partial charge in [0.1, 0.15) is 0 Å². The highest BCUT2D eigenvalue weighted by Crippen LogP contribution is 2.35. The van der Waals surface area contributed by atoms with Crippen LogP contribution in [0.3, 0.4) is 0 Å². The Balaban J connectivity index is 2.07. The fourth-order valence-corrected chi connectivity index (χ4v) is 2.57. The van der Waals surface area contributed by atoms with Gasteiger partial charge in [-0.3, -0.25) is 0 Å². The van der Waals surface area contributed by atoms with Crippen LogP contribution < -0.4 is 19.9 Å². The largest absolute Gasteiger partial charge is 0.493 e. The third-order valence-corrected chi connectivity index (χ3v) is 3.77. The highest BCUT2D eigenvalue weighted by atomic mass is 19.4. The third kappa shape index (κ3) is 4.13. The second kappa shape index (κ2) is 7.18. The van der Waals surface area contributed by atoms with Crippen molar-refractivity contribution >= 4 is 16.9 Å². The minimum atomic E-state index is -4.49. The van der Waals surface area contributed by atoms with Crippen LogP contribution in [0.25, 0.3) is 22.0 Å². The van der Waals surface area contributed by atoms with Crippen LogP contribution in [0.4, 0.5) is 19.1 Å². The van der Waals surface area contributed by atoms with Gasteiger partial charge in [-0.25, -0.2) is 4.98 Å². The monoisotopic (exact) mass is 379 g/mol. The van der Waals surface area contributed by atoms with Crippen LogP contribution in [-0.4, -0.2) is 37.0 Å². The van der Waals surface area contributed by atoms with E-state index in [-0.39, 0.29) is 11.8 Å². The van der Waals surface area contributed by atoms with E-state index in [1.807, 2.05) is 0 Å². The Morgan fingerprint density at radius 1 is 0.926 bits per heavy atom. The smallest absolute Gasteiger partial charge is 0.422 e. The first-order valence-corrected chi connectivity index (χ1v) is 7.80. The number of rotatable bonds is 5. The summed E-state index contributed by atoms with van der Waals surface area (Å²) < 4.78 is 52.9. The second-order valence-corrected chi connectivity index (χ2v) is 5.59. The average Bonchev–Trinajstić information content (AvgIpc) is 2.64. The van der Waals surface area contributed by atoms with Crippen molar-refractivity contribution in [1.82, 2.24) is 9.97 Å². The summed E-state index contributed by atoms with van der Waals surface area (Å²) in [5.41, 5.74) is 7.44. The molecule has 6 nitrogen and oxygen atoms in total. The molecule has 142 valence electrons.